The molecule has 2 aromatic heterocycles. The molecule has 0 aliphatic rings. The monoisotopic (exact) mass is 593 g/mol. The van der Waals surface area contributed by atoms with E-state index in [0.717, 1.165) is 38.6 Å². The van der Waals surface area contributed by atoms with Crippen molar-refractivity contribution in [1.29, 1.82) is 5.26 Å². The molecule has 0 radical (unpaired) electrons. The van der Waals surface area contributed by atoms with Crippen LogP contribution in [0.25, 0.3) is 72.8 Å². The van der Waals surface area contributed by atoms with Crippen molar-refractivity contribution in [1.82, 2.24) is 19.5 Å². The molecule has 0 unspecified atom stereocenters. The molecule has 0 fully saturated rings. The Morgan fingerprint density at radius 2 is 1.11 bits per heavy atom. The van der Waals surface area contributed by atoms with Crippen LogP contribution in [0.4, 0.5) is 4.39 Å². The van der Waals surface area contributed by atoms with Crippen LogP contribution in [0.5, 0.6) is 0 Å². The van der Waals surface area contributed by atoms with Crippen LogP contribution in [0.2, 0.25) is 0 Å². The van der Waals surface area contributed by atoms with Crippen molar-refractivity contribution in [2.45, 2.75) is 0 Å². The van der Waals surface area contributed by atoms with Crippen molar-refractivity contribution in [2.75, 3.05) is 0 Å². The van der Waals surface area contributed by atoms with Crippen LogP contribution in [-0.2, 0) is 0 Å². The van der Waals surface area contributed by atoms with E-state index in [0.29, 0.717) is 39.7 Å². The van der Waals surface area contributed by atoms with Crippen LogP contribution in [-0.4, -0.2) is 19.5 Å². The third-order valence-corrected chi connectivity index (χ3v) is 8.17. The van der Waals surface area contributed by atoms with Crippen molar-refractivity contribution in [3.63, 3.8) is 0 Å². The van der Waals surface area contributed by atoms with Gasteiger partial charge in [-0.05, 0) is 48.0 Å². The van der Waals surface area contributed by atoms with Crippen LogP contribution in [0, 0.1) is 17.1 Å². The molecule has 46 heavy (non-hydrogen) atoms. The minimum atomic E-state index is -0.351. The van der Waals surface area contributed by atoms with E-state index in [1.165, 1.54) is 6.07 Å². The third kappa shape index (κ3) is 4.68. The molecule has 5 nitrogen and oxygen atoms in total. The number of aromatic nitrogens is 4. The Hall–Kier alpha value is -6.45. The van der Waals surface area contributed by atoms with Crippen LogP contribution >= 0.6 is 0 Å². The fourth-order valence-corrected chi connectivity index (χ4v) is 6.02. The number of fused-ring (bicyclic) bond motifs is 3. The largest absolute Gasteiger partial charge is 0.309 e. The minimum Gasteiger partial charge on any atom is -0.309 e. The van der Waals surface area contributed by atoms with Crippen LogP contribution in [0.15, 0.2) is 146 Å². The predicted molar refractivity (Wildman–Crippen MR) is 181 cm³/mol. The second-order valence-electron chi connectivity index (χ2n) is 10.9. The van der Waals surface area contributed by atoms with E-state index in [1.54, 1.807) is 12.1 Å². The number of halogens is 1. The Balaban J connectivity index is 1.41. The number of rotatable bonds is 5. The van der Waals surface area contributed by atoms with Gasteiger partial charge in [0.1, 0.15) is 5.82 Å². The Kier molecular flexibility index (Phi) is 6.63. The smallest absolute Gasteiger partial charge is 0.164 e. The van der Waals surface area contributed by atoms with E-state index in [9.17, 15) is 5.26 Å². The van der Waals surface area contributed by atoms with Gasteiger partial charge in [-0.2, -0.15) is 5.26 Å². The van der Waals surface area contributed by atoms with Crippen molar-refractivity contribution in [3.8, 4) is 57.0 Å². The Morgan fingerprint density at radius 3 is 1.80 bits per heavy atom. The highest BCUT2D eigenvalue weighted by molar-refractivity contribution is 6.09. The lowest BCUT2D eigenvalue weighted by Crippen LogP contribution is -2.02. The summed E-state index contributed by atoms with van der Waals surface area (Å²) < 4.78 is 17.8. The lowest BCUT2D eigenvalue weighted by atomic mass is 9.97. The summed E-state index contributed by atoms with van der Waals surface area (Å²) in [6, 6.07) is 48.4. The van der Waals surface area contributed by atoms with Gasteiger partial charge in [-0.25, -0.2) is 19.3 Å². The molecule has 0 amide bonds. The summed E-state index contributed by atoms with van der Waals surface area (Å²) in [5.41, 5.74) is 6.71. The molecule has 0 atom stereocenters. The molecule has 0 aliphatic heterocycles. The van der Waals surface area contributed by atoms with Gasteiger partial charge in [0.2, 0.25) is 0 Å². The highest BCUT2D eigenvalue weighted by atomic mass is 19.1. The van der Waals surface area contributed by atoms with Crippen molar-refractivity contribution in [3.05, 3.63) is 157 Å². The number of benzene rings is 6. The molecule has 0 spiro atoms. The molecule has 0 bridgehead atoms. The Bertz CT molecular complexity index is 2390. The summed E-state index contributed by atoms with van der Waals surface area (Å²) in [6.07, 6.45) is 0. The number of hydrogen-bond acceptors (Lipinski definition) is 4. The van der Waals surface area contributed by atoms with E-state index in [4.69, 9.17) is 15.0 Å². The lowest BCUT2D eigenvalue weighted by Gasteiger charge is -2.16. The average Bonchev–Trinajstić information content (AvgIpc) is 3.45. The topological polar surface area (TPSA) is 67.4 Å². The molecule has 0 N–H and O–H groups in total. The quantitative estimate of drug-likeness (QED) is 0.199. The van der Waals surface area contributed by atoms with E-state index < -0.39 is 0 Å². The van der Waals surface area contributed by atoms with Gasteiger partial charge in [-0.3, -0.25) is 0 Å². The summed E-state index contributed by atoms with van der Waals surface area (Å²) in [4.78, 5) is 14.7. The van der Waals surface area contributed by atoms with Gasteiger partial charge in [0.15, 0.2) is 17.5 Å². The lowest BCUT2D eigenvalue weighted by molar-refractivity contribution is 0.631. The molecule has 6 aromatic carbocycles. The zero-order valence-electron chi connectivity index (χ0n) is 24.5. The van der Waals surface area contributed by atoms with Gasteiger partial charge in [0.05, 0.1) is 22.7 Å². The van der Waals surface area contributed by atoms with Crippen LogP contribution in [0.3, 0.4) is 0 Å². The summed E-state index contributed by atoms with van der Waals surface area (Å²) in [5.74, 6) is 1.14. The molecule has 8 rings (SSSR count). The van der Waals surface area contributed by atoms with Gasteiger partial charge in [0, 0.05) is 38.7 Å². The molecule has 216 valence electrons. The zero-order valence-corrected chi connectivity index (χ0v) is 24.5. The molecule has 2 heterocycles. The molecular weight excluding hydrogens is 569 g/mol. The SMILES string of the molecule is N#Cc1ccc2c3ccccc3n(-c3ccc(-c4nc(-c5ccccc5)nc(-c5ccccc5)n4)c(-c4ccccc4F)c3)c2c1. The molecular formula is C40H24FN5. The summed E-state index contributed by atoms with van der Waals surface area (Å²) >= 11 is 0. The minimum absolute atomic E-state index is 0.351. The van der Waals surface area contributed by atoms with Gasteiger partial charge < -0.3 is 4.57 Å². The highest BCUT2D eigenvalue weighted by Gasteiger charge is 2.20. The maximum absolute atomic E-state index is 15.6. The first-order valence-corrected chi connectivity index (χ1v) is 14.9. The fourth-order valence-electron chi connectivity index (χ4n) is 6.02. The Labute approximate surface area is 264 Å². The van der Waals surface area contributed by atoms with E-state index in [2.05, 4.69) is 22.8 Å². The molecule has 0 saturated heterocycles. The Morgan fingerprint density at radius 1 is 0.500 bits per heavy atom. The second kappa shape index (κ2) is 11.2. The number of hydrogen-bond donors (Lipinski definition) is 0. The van der Waals surface area contributed by atoms with Crippen LogP contribution < -0.4 is 0 Å². The van der Waals surface area contributed by atoms with Crippen molar-refractivity contribution >= 4 is 21.8 Å². The fraction of sp³-hybridized carbons (Fsp3) is 0. The van der Waals surface area contributed by atoms with E-state index >= 15 is 4.39 Å². The van der Waals surface area contributed by atoms with E-state index in [-0.39, 0.29) is 5.82 Å². The first kappa shape index (κ1) is 27.1. The first-order chi connectivity index (χ1) is 22.7. The standard InChI is InChI=1S/C40H24FN5/c41-35-17-9-7-15-30(35)34-24-29(46-36-18-10-8-16-31(36)32-21-19-26(25-42)23-37(32)46)20-22-33(34)40-44-38(27-11-3-1-4-12-27)43-39(45-40)28-13-5-2-6-14-28/h1-24H. The molecule has 8 aromatic rings. The summed E-state index contributed by atoms with van der Waals surface area (Å²) in [7, 11) is 0. The van der Waals surface area contributed by atoms with Crippen LogP contribution in [0.1, 0.15) is 5.56 Å². The third-order valence-electron chi connectivity index (χ3n) is 8.17. The predicted octanol–water partition coefficient (Wildman–Crippen LogP) is 9.65. The average molecular weight is 594 g/mol. The van der Waals surface area contributed by atoms with Gasteiger partial charge in [0.25, 0.3) is 0 Å². The van der Waals surface area contributed by atoms with E-state index in [1.807, 2.05) is 115 Å². The van der Waals surface area contributed by atoms with Gasteiger partial charge in [-0.15, -0.1) is 0 Å². The summed E-state index contributed by atoms with van der Waals surface area (Å²) in [6.45, 7) is 0. The zero-order chi connectivity index (χ0) is 31.0. The maximum Gasteiger partial charge on any atom is 0.164 e. The highest BCUT2D eigenvalue weighted by Crippen LogP contribution is 2.38. The summed E-state index contributed by atoms with van der Waals surface area (Å²) in [5, 5.41) is 11.8. The van der Waals surface area contributed by atoms with Gasteiger partial charge >= 0.3 is 0 Å². The molecule has 0 aliphatic carbocycles. The number of nitrogens with zero attached hydrogens (tertiary/aromatic N) is 5. The van der Waals surface area contributed by atoms with Crippen molar-refractivity contribution < 1.29 is 4.39 Å². The second-order valence-corrected chi connectivity index (χ2v) is 10.9. The van der Waals surface area contributed by atoms with Gasteiger partial charge in [-0.1, -0.05) is 103 Å². The maximum atomic E-state index is 15.6. The number of para-hydroxylation sites is 1. The number of nitriles is 1. The first-order valence-electron chi connectivity index (χ1n) is 14.9. The molecule has 0 saturated carbocycles. The van der Waals surface area contributed by atoms with Crippen molar-refractivity contribution in [2.24, 2.45) is 0 Å². The normalized spacial score (nSPS) is 11.1. The molecule has 6 heteroatoms.